The Bertz CT molecular complexity index is 1520. The molecule has 0 spiro atoms. The van der Waals surface area contributed by atoms with Crippen LogP contribution in [0.5, 0.6) is 5.75 Å². The Hall–Kier alpha value is -4.24. The first-order chi connectivity index (χ1) is 19.0. The number of hydrogen-bond donors (Lipinski definition) is 2. The zero-order chi connectivity index (χ0) is 26.9. The smallest absolute Gasteiger partial charge is 0.255 e. The van der Waals surface area contributed by atoms with Gasteiger partial charge in [-0.3, -0.25) is 14.9 Å². The first-order valence-corrected chi connectivity index (χ1v) is 13.8. The van der Waals surface area contributed by atoms with Gasteiger partial charge in [-0.15, -0.1) is 11.3 Å². The topological polar surface area (TPSA) is 85.8 Å². The van der Waals surface area contributed by atoms with Crippen molar-refractivity contribution in [3.05, 3.63) is 94.7 Å². The SMILES string of the molecule is O=C(Nc1nccs1)C(c1cc(F)ccc1O)N1Cc2ccc(-c3ccc(N4CCCCC4)cc3)cc2C1=O. The highest BCUT2D eigenvalue weighted by Gasteiger charge is 2.39. The van der Waals surface area contributed by atoms with Crippen molar-refractivity contribution in [2.45, 2.75) is 31.8 Å². The number of benzene rings is 3. The lowest BCUT2D eigenvalue weighted by molar-refractivity contribution is -0.120. The summed E-state index contributed by atoms with van der Waals surface area (Å²) in [5.74, 6) is -1.83. The minimum absolute atomic E-state index is 0.0127. The summed E-state index contributed by atoms with van der Waals surface area (Å²) in [5, 5.41) is 15.3. The number of anilines is 2. The molecule has 1 fully saturated rings. The number of phenols is 1. The number of halogens is 1. The van der Waals surface area contributed by atoms with Crippen LogP contribution in [0.2, 0.25) is 0 Å². The Balaban J connectivity index is 1.30. The lowest BCUT2D eigenvalue weighted by Gasteiger charge is -2.28. The van der Waals surface area contributed by atoms with Crippen molar-refractivity contribution in [2.75, 3.05) is 23.3 Å². The second kappa shape index (κ2) is 10.5. The van der Waals surface area contributed by atoms with Crippen LogP contribution >= 0.6 is 11.3 Å². The molecule has 2 amide bonds. The number of aromatic nitrogens is 1. The molecule has 39 heavy (non-hydrogen) atoms. The summed E-state index contributed by atoms with van der Waals surface area (Å²) in [5.41, 5.74) is 4.34. The van der Waals surface area contributed by atoms with Crippen LogP contribution in [0.25, 0.3) is 11.1 Å². The quantitative estimate of drug-likeness (QED) is 0.313. The molecule has 0 aliphatic carbocycles. The molecule has 2 aliphatic rings. The molecule has 4 aromatic rings. The zero-order valence-electron chi connectivity index (χ0n) is 21.1. The summed E-state index contributed by atoms with van der Waals surface area (Å²) in [6.07, 6.45) is 5.25. The Morgan fingerprint density at radius 3 is 2.51 bits per heavy atom. The summed E-state index contributed by atoms with van der Waals surface area (Å²) in [7, 11) is 0. The first kappa shape index (κ1) is 25.1. The lowest BCUT2D eigenvalue weighted by atomic mass is 10.00. The van der Waals surface area contributed by atoms with Crippen molar-refractivity contribution in [1.29, 1.82) is 0 Å². The van der Waals surface area contributed by atoms with E-state index in [0.717, 1.165) is 41.9 Å². The molecule has 9 heteroatoms. The summed E-state index contributed by atoms with van der Waals surface area (Å²) in [6.45, 7) is 2.29. The molecule has 7 nitrogen and oxygen atoms in total. The molecular formula is C30H27FN4O3S. The molecule has 3 aromatic carbocycles. The number of piperidine rings is 1. The monoisotopic (exact) mass is 542 g/mol. The average Bonchev–Trinajstić information content (AvgIpc) is 3.59. The van der Waals surface area contributed by atoms with Gasteiger partial charge in [-0.05, 0) is 72.4 Å². The van der Waals surface area contributed by atoms with Crippen molar-refractivity contribution in [1.82, 2.24) is 9.88 Å². The number of amides is 2. The van der Waals surface area contributed by atoms with Gasteiger partial charge in [-0.1, -0.05) is 24.3 Å². The van der Waals surface area contributed by atoms with E-state index in [-0.39, 0.29) is 23.8 Å². The van der Waals surface area contributed by atoms with Crippen LogP contribution in [-0.2, 0) is 11.3 Å². The maximum absolute atomic E-state index is 14.2. The summed E-state index contributed by atoms with van der Waals surface area (Å²) in [4.78, 5) is 35.0. The number of nitrogens with zero attached hydrogens (tertiary/aromatic N) is 3. The number of fused-ring (bicyclic) bond motifs is 1. The van der Waals surface area contributed by atoms with Gasteiger partial charge >= 0.3 is 0 Å². The van der Waals surface area contributed by atoms with Crippen LogP contribution in [0.1, 0.15) is 46.8 Å². The van der Waals surface area contributed by atoms with Gasteiger partial charge in [-0.25, -0.2) is 9.37 Å². The molecule has 1 atom stereocenters. The van der Waals surface area contributed by atoms with E-state index < -0.39 is 17.8 Å². The molecule has 6 rings (SSSR count). The molecule has 0 radical (unpaired) electrons. The minimum atomic E-state index is -1.25. The summed E-state index contributed by atoms with van der Waals surface area (Å²) in [6, 6.07) is 16.2. The van der Waals surface area contributed by atoms with E-state index in [9.17, 15) is 19.1 Å². The number of nitrogens with one attached hydrogen (secondary N) is 1. The molecular weight excluding hydrogens is 515 g/mol. The van der Waals surface area contributed by atoms with Gasteiger partial charge in [0.1, 0.15) is 17.6 Å². The Labute approximate surface area is 229 Å². The molecule has 0 bridgehead atoms. The van der Waals surface area contributed by atoms with Gasteiger partial charge < -0.3 is 14.9 Å². The van der Waals surface area contributed by atoms with Crippen LogP contribution in [0.4, 0.5) is 15.2 Å². The van der Waals surface area contributed by atoms with Crippen molar-refractivity contribution in [2.24, 2.45) is 0 Å². The Kier molecular flexibility index (Phi) is 6.74. The number of aromatic hydroxyl groups is 1. The number of hydrogen-bond acceptors (Lipinski definition) is 6. The highest BCUT2D eigenvalue weighted by Crippen LogP contribution is 2.38. The Morgan fingerprint density at radius 2 is 1.77 bits per heavy atom. The molecule has 2 aliphatic heterocycles. The van der Waals surface area contributed by atoms with Gasteiger partial charge in [0.2, 0.25) is 0 Å². The number of carbonyl (C=O) groups is 2. The third-order valence-electron chi connectivity index (χ3n) is 7.37. The molecule has 2 N–H and O–H groups in total. The van der Waals surface area contributed by atoms with Gasteiger partial charge in [0.25, 0.3) is 11.8 Å². The van der Waals surface area contributed by atoms with Gasteiger partial charge in [0.05, 0.1) is 0 Å². The van der Waals surface area contributed by atoms with E-state index in [2.05, 4.69) is 39.5 Å². The van der Waals surface area contributed by atoms with Crippen molar-refractivity contribution >= 4 is 34.0 Å². The van der Waals surface area contributed by atoms with E-state index in [1.165, 1.54) is 47.3 Å². The van der Waals surface area contributed by atoms with Crippen molar-refractivity contribution < 1.29 is 19.1 Å². The number of rotatable bonds is 6. The zero-order valence-corrected chi connectivity index (χ0v) is 22.0. The largest absolute Gasteiger partial charge is 0.508 e. The average molecular weight is 543 g/mol. The molecule has 3 heterocycles. The number of carbonyl (C=O) groups excluding carboxylic acids is 2. The second-order valence-corrected chi connectivity index (χ2v) is 10.7. The van der Waals surface area contributed by atoms with E-state index >= 15 is 0 Å². The standard InChI is InChI=1S/C30H27FN4O3S/c31-22-8-11-26(36)25(17-22)27(28(37)33-30-32-12-15-39-30)35-18-21-5-4-20(16-24(21)29(35)38)19-6-9-23(10-7-19)34-13-2-1-3-14-34/h4-12,15-17,27,36H,1-3,13-14,18H2,(H,32,33,37). The molecule has 1 saturated heterocycles. The van der Waals surface area contributed by atoms with E-state index in [4.69, 9.17) is 0 Å². The van der Waals surface area contributed by atoms with Gasteiger partial charge in [0, 0.05) is 48.0 Å². The van der Waals surface area contributed by atoms with E-state index in [0.29, 0.717) is 10.7 Å². The fourth-order valence-electron chi connectivity index (χ4n) is 5.38. The van der Waals surface area contributed by atoms with Crippen molar-refractivity contribution in [3.63, 3.8) is 0 Å². The highest BCUT2D eigenvalue weighted by atomic mass is 32.1. The minimum Gasteiger partial charge on any atom is -0.508 e. The molecule has 1 aromatic heterocycles. The molecule has 198 valence electrons. The fraction of sp³-hybridized carbons (Fsp3) is 0.233. The molecule has 1 unspecified atom stereocenters. The predicted octanol–water partition coefficient (Wildman–Crippen LogP) is 5.98. The Morgan fingerprint density at radius 1 is 1.00 bits per heavy atom. The van der Waals surface area contributed by atoms with Crippen LogP contribution < -0.4 is 10.2 Å². The van der Waals surface area contributed by atoms with Gasteiger partial charge in [-0.2, -0.15) is 0 Å². The number of thiazole rings is 1. The normalized spacial score (nSPS) is 15.8. The predicted molar refractivity (Wildman–Crippen MR) is 149 cm³/mol. The molecule has 0 saturated carbocycles. The van der Waals surface area contributed by atoms with Crippen LogP contribution in [0.3, 0.4) is 0 Å². The first-order valence-electron chi connectivity index (χ1n) is 13.0. The summed E-state index contributed by atoms with van der Waals surface area (Å²) >= 11 is 1.23. The van der Waals surface area contributed by atoms with Crippen LogP contribution in [-0.4, -0.2) is 39.9 Å². The van der Waals surface area contributed by atoms with E-state index in [1.54, 1.807) is 11.6 Å². The maximum Gasteiger partial charge on any atom is 0.255 e. The number of phenolic OH excluding ortho intramolecular Hbond substituents is 1. The maximum atomic E-state index is 14.2. The third kappa shape index (κ3) is 4.97. The van der Waals surface area contributed by atoms with Gasteiger partial charge in [0.15, 0.2) is 5.13 Å². The van der Waals surface area contributed by atoms with Crippen molar-refractivity contribution in [3.8, 4) is 16.9 Å². The lowest BCUT2D eigenvalue weighted by Crippen LogP contribution is -2.37. The van der Waals surface area contributed by atoms with Crippen LogP contribution in [0.15, 0.2) is 72.2 Å². The summed E-state index contributed by atoms with van der Waals surface area (Å²) < 4.78 is 14.2. The second-order valence-electron chi connectivity index (χ2n) is 9.83. The third-order valence-corrected chi connectivity index (χ3v) is 8.06. The van der Waals surface area contributed by atoms with E-state index in [1.807, 2.05) is 18.2 Å². The fourth-order valence-corrected chi connectivity index (χ4v) is 5.91. The highest BCUT2D eigenvalue weighted by molar-refractivity contribution is 7.13. The van der Waals surface area contributed by atoms with Crippen LogP contribution in [0, 0.1) is 5.82 Å².